The number of methoxy groups -OCH3 is 1. The van der Waals surface area contributed by atoms with Gasteiger partial charge in [-0.2, -0.15) is 0 Å². The highest BCUT2D eigenvalue weighted by atomic mass is 79.9. The second-order valence-corrected chi connectivity index (χ2v) is 6.04. The quantitative estimate of drug-likeness (QED) is 0.868. The lowest BCUT2D eigenvalue weighted by Crippen LogP contribution is -1.99. The first kappa shape index (κ1) is 14.9. The highest BCUT2D eigenvalue weighted by Gasteiger charge is 2.20. The summed E-state index contributed by atoms with van der Waals surface area (Å²) in [6.45, 7) is 1.96. The van der Waals surface area contributed by atoms with Gasteiger partial charge in [0.2, 0.25) is 0 Å². The monoisotopic (exact) mass is 355 g/mol. The number of ether oxygens (including phenoxy) is 1. The minimum absolute atomic E-state index is 0.198. The van der Waals surface area contributed by atoms with E-state index < -0.39 is 5.97 Å². The molecule has 2 aromatic rings. The van der Waals surface area contributed by atoms with Crippen molar-refractivity contribution in [3.05, 3.63) is 33.1 Å². The molecular formula is C14H14BrNO3S. The fraction of sp³-hybridized carbons (Fsp3) is 0.214. The van der Waals surface area contributed by atoms with Crippen molar-refractivity contribution in [1.29, 1.82) is 0 Å². The molecule has 0 spiro atoms. The van der Waals surface area contributed by atoms with E-state index in [9.17, 15) is 9.90 Å². The molecule has 0 bridgehead atoms. The summed E-state index contributed by atoms with van der Waals surface area (Å²) in [4.78, 5) is 12.3. The molecule has 1 aromatic heterocycles. The molecule has 1 heterocycles. The number of nitrogen functional groups attached to an aromatic ring is 1. The first-order valence-electron chi connectivity index (χ1n) is 5.97. The van der Waals surface area contributed by atoms with Gasteiger partial charge in [-0.05, 0) is 51.7 Å². The van der Waals surface area contributed by atoms with Crippen molar-refractivity contribution in [1.82, 2.24) is 0 Å². The summed E-state index contributed by atoms with van der Waals surface area (Å²) in [6.07, 6.45) is 0.689. The smallest absolute Gasteiger partial charge is 0.348 e. The third kappa shape index (κ3) is 2.53. The fourth-order valence-corrected chi connectivity index (χ4v) is 3.72. The minimum atomic E-state index is -0.985. The van der Waals surface area contributed by atoms with Crippen LogP contribution in [0.25, 0.3) is 10.4 Å². The van der Waals surface area contributed by atoms with Gasteiger partial charge in [0.25, 0.3) is 0 Å². The molecule has 0 aliphatic rings. The number of carbonyl (C=O) groups is 1. The van der Waals surface area contributed by atoms with Crippen LogP contribution >= 0.6 is 27.3 Å². The molecule has 0 saturated carbocycles. The molecule has 0 saturated heterocycles. The normalized spacial score (nSPS) is 10.6. The fourth-order valence-electron chi connectivity index (χ4n) is 2.03. The van der Waals surface area contributed by atoms with Crippen LogP contribution in [0.5, 0.6) is 5.75 Å². The molecule has 0 amide bonds. The summed E-state index contributed by atoms with van der Waals surface area (Å²) in [5.41, 5.74) is 8.12. The zero-order chi connectivity index (χ0) is 14.9. The Hall–Kier alpha value is -1.53. The molecule has 20 heavy (non-hydrogen) atoms. The number of rotatable bonds is 4. The Kier molecular flexibility index (Phi) is 4.35. The molecule has 0 unspecified atom stereocenters. The largest absolute Gasteiger partial charge is 0.496 e. The predicted molar refractivity (Wildman–Crippen MR) is 84.8 cm³/mol. The summed E-state index contributed by atoms with van der Waals surface area (Å²) < 4.78 is 6.02. The number of carboxylic acid groups (broad SMARTS) is 1. The van der Waals surface area contributed by atoms with E-state index in [0.29, 0.717) is 12.1 Å². The molecule has 106 valence electrons. The highest BCUT2D eigenvalue weighted by Crippen LogP contribution is 2.41. The number of anilines is 1. The number of benzene rings is 1. The van der Waals surface area contributed by atoms with Crippen molar-refractivity contribution in [3.8, 4) is 16.2 Å². The van der Waals surface area contributed by atoms with Crippen LogP contribution in [0.1, 0.15) is 22.2 Å². The Balaban J connectivity index is 2.60. The van der Waals surface area contributed by atoms with Crippen molar-refractivity contribution in [3.63, 3.8) is 0 Å². The van der Waals surface area contributed by atoms with E-state index in [1.807, 2.05) is 25.1 Å². The number of hydrogen-bond acceptors (Lipinski definition) is 4. The van der Waals surface area contributed by atoms with Crippen molar-refractivity contribution in [2.24, 2.45) is 0 Å². The van der Waals surface area contributed by atoms with E-state index in [4.69, 9.17) is 10.5 Å². The lowest BCUT2D eigenvalue weighted by molar-refractivity contribution is 0.0703. The average Bonchev–Trinajstić information content (AvgIpc) is 2.75. The van der Waals surface area contributed by atoms with Crippen LogP contribution in [0.2, 0.25) is 0 Å². The number of hydrogen-bond donors (Lipinski definition) is 2. The van der Waals surface area contributed by atoms with E-state index in [2.05, 4.69) is 15.9 Å². The molecule has 0 aliphatic carbocycles. The van der Waals surface area contributed by atoms with Crippen molar-refractivity contribution < 1.29 is 14.6 Å². The van der Waals surface area contributed by atoms with Crippen LogP contribution in [-0.2, 0) is 6.42 Å². The first-order valence-corrected chi connectivity index (χ1v) is 7.58. The Bertz CT molecular complexity index is 667. The van der Waals surface area contributed by atoms with Gasteiger partial charge in [-0.3, -0.25) is 0 Å². The standard InChI is InChI=1S/C14H14BrNO3S/c1-3-8-11(16)13(14(17)18)20-12(8)7-4-5-10(19-2)9(15)6-7/h4-6H,3,16H2,1-2H3,(H,17,18). The van der Waals surface area contributed by atoms with Gasteiger partial charge in [-0.15, -0.1) is 11.3 Å². The lowest BCUT2D eigenvalue weighted by Gasteiger charge is -2.07. The molecule has 1 aromatic carbocycles. The summed E-state index contributed by atoms with van der Waals surface area (Å²) in [7, 11) is 1.60. The summed E-state index contributed by atoms with van der Waals surface area (Å²) >= 11 is 4.65. The molecule has 2 rings (SSSR count). The Morgan fingerprint density at radius 2 is 2.20 bits per heavy atom. The molecule has 0 aliphatic heterocycles. The van der Waals surface area contributed by atoms with Gasteiger partial charge in [-0.1, -0.05) is 6.92 Å². The molecule has 4 nitrogen and oxygen atoms in total. The van der Waals surface area contributed by atoms with E-state index in [1.165, 1.54) is 11.3 Å². The number of halogens is 1. The van der Waals surface area contributed by atoms with Gasteiger partial charge in [0, 0.05) is 4.88 Å². The van der Waals surface area contributed by atoms with Crippen LogP contribution in [0.15, 0.2) is 22.7 Å². The molecule has 3 N–H and O–H groups in total. The van der Waals surface area contributed by atoms with Crippen LogP contribution in [-0.4, -0.2) is 18.2 Å². The SMILES string of the molecule is CCc1c(-c2ccc(OC)c(Br)c2)sc(C(=O)O)c1N. The average molecular weight is 356 g/mol. The highest BCUT2D eigenvalue weighted by molar-refractivity contribution is 9.10. The Morgan fingerprint density at radius 1 is 1.50 bits per heavy atom. The van der Waals surface area contributed by atoms with E-state index in [1.54, 1.807) is 7.11 Å². The second-order valence-electron chi connectivity index (χ2n) is 4.16. The maximum atomic E-state index is 11.2. The number of nitrogens with two attached hydrogens (primary N) is 1. The van der Waals surface area contributed by atoms with Crippen LogP contribution in [0.3, 0.4) is 0 Å². The first-order chi connectivity index (χ1) is 9.49. The molecule has 6 heteroatoms. The molecule has 0 fully saturated rings. The molecule has 0 radical (unpaired) electrons. The van der Waals surface area contributed by atoms with Crippen LogP contribution in [0.4, 0.5) is 5.69 Å². The Labute approximate surface area is 129 Å². The zero-order valence-corrected chi connectivity index (χ0v) is 13.5. The number of carboxylic acids is 1. The van der Waals surface area contributed by atoms with Gasteiger partial charge in [0.1, 0.15) is 10.6 Å². The summed E-state index contributed by atoms with van der Waals surface area (Å²) in [5.74, 6) is -0.254. The van der Waals surface area contributed by atoms with E-state index in [0.717, 1.165) is 26.2 Å². The van der Waals surface area contributed by atoms with Crippen molar-refractivity contribution in [2.75, 3.05) is 12.8 Å². The van der Waals surface area contributed by atoms with Gasteiger partial charge in [-0.25, -0.2) is 4.79 Å². The van der Waals surface area contributed by atoms with Crippen molar-refractivity contribution >= 4 is 38.9 Å². The van der Waals surface area contributed by atoms with E-state index >= 15 is 0 Å². The summed E-state index contributed by atoms with van der Waals surface area (Å²) in [6, 6.07) is 5.66. The minimum Gasteiger partial charge on any atom is -0.496 e. The Morgan fingerprint density at radius 3 is 2.70 bits per heavy atom. The molecular weight excluding hydrogens is 342 g/mol. The predicted octanol–water partition coefficient (Wildman–Crippen LogP) is 4.03. The van der Waals surface area contributed by atoms with E-state index in [-0.39, 0.29) is 4.88 Å². The van der Waals surface area contributed by atoms with Crippen LogP contribution in [0, 0.1) is 0 Å². The van der Waals surface area contributed by atoms with Gasteiger partial charge >= 0.3 is 5.97 Å². The maximum absolute atomic E-state index is 11.2. The van der Waals surface area contributed by atoms with Crippen molar-refractivity contribution in [2.45, 2.75) is 13.3 Å². The third-order valence-corrected chi connectivity index (χ3v) is 4.91. The van der Waals surface area contributed by atoms with Gasteiger partial charge in [0.15, 0.2) is 0 Å². The maximum Gasteiger partial charge on any atom is 0.348 e. The van der Waals surface area contributed by atoms with Crippen LogP contribution < -0.4 is 10.5 Å². The topological polar surface area (TPSA) is 72.5 Å². The second kappa shape index (κ2) is 5.85. The molecule has 0 atom stereocenters. The number of aromatic carboxylic acids is 1. The number of thiophene rings is 1. The summed E-state index contributed by atoms with van der Waals surface area (Å²) in [5, 5.41) is 9.18. The van der Waals surface area contributed by atoms with Gasteiger partial charge < -0.3 is 15.6 Å². The third-order valence-electron chi connectivity index (χ3n) is 3.01. The zero-order valence-electron chi connectivity index (χ0n) is 11.1. The van der Waals surface area contributed by atoms with Gasteiger partial charge in [0.05, 0.1) is 17.3 Å². The lowest BCUT2D eigenvalue weighted by atomic mass is 10.1.